The minimum atomic E-state index is -4.37. The van der Waals surface area contributed by atoms with Crippen molar-refractivity contribution >= 4 is 32.3 Å². The van der Waals surface area contributed by atoms with Crippen LogP contribution in [0.25, 0.3) is 32.3 Å². The molecule has 0 saturated heterocycles. The van der Waals surface area contributed by atoms with E-state index in [2.05, 4.69) is 36.1 Å². The fraction of sp³-hybridized carbons (Fsp3) is 0.0370. The Morgan fingerprint density at radius 3 is 1.53 bits per heavy atom. The maximum atomic E-state index is 12.9. The molecule has 30 heavy (non-hydrogen) atoms. The lowest BCUT2D eigenvalue weighted by Crippen LogP contribution is -2.04. The molecule has 5 rings (SSSR count). The van der Waals surface area contributed by atoms with Gasteiger partial charge in [0.15, 0.2) is 0 Å². The van der Waals surface area contributed by atoms with Gasteiger partial charge in [-0.3, -0.25) is 0 Å². The zero-order valence-corrected chi connectivity index (χ0v) is 15.8. The topological polar surface area (TPSA) is 0 Å². The summed E-state index contributed by atoms with van der Waals surface area (Å²) in [6.07, 6.45) is -4.37. The van der Waals surface area contributed by atoms with Crippen molar-refractivity contribution in [1.29, 1.82) is 0 Å². The van der Waals surface area contributed by atoms with Crippen LogP contribution < -0.4 is 0 Å². The first kappa shape index (κ1) is 18.3. The van der Waals surface area contributed by atoms with Crippen molar-refractivity contribution in [3.8, 4) is 11.8 Å². The molecule has 0 N–H and O–H groups in total. The van der Waals surface area contributed by atoms with Gasteiger partial charge in [0.25, 0.3) is 0 Å². The lowest BCUT2D eigenvalue weighted by molar-refractivity contribution is -0.137. The molecule has 144 valence electrons. The zero-order chi connectivity index (χ0) is 20.7. The van der Waals surface area contributed by atoms with Gasteiger partial charge in [-0.15, -0.1) is 0 Å². The molecule has 0 heterocycles. The Balaban J connectivity index is 1.68. The van der Waals surface area contributed by atoms with E-state index >= 15 is 0 Å². The van der Waals surface area contributed by atoms with Gasteiger partial charge >= 0.3 is 6.18 Å². The van der Waals surface area contributed by atoms with Gasteiger partial charge in [-0.25, -0.2) is 0 Å². The molecular formula is C27H15F3. The summed E-state index contributed by atoms with van der Waals surface area (Å²) in [4.78, 5) is 0. The van der Waals surface area contributed by atoms with Crippen molar-refractivity contribution < 1.29 is 13.2 Å². The van der Waals surface area contributed by atoms with Crippen molar-refractivity contribution in [2.24, 2.45) is 0 Å². The third-order valence-electron chi connectivity index (χ3n) is 5.29. The van der Waals surface area contributed by atoms with Gasteiger partial charge in [0.1, 0.15) is 0 Å². The first-order chi connectivity index (χ1) is 14.5. The predicted molar refractivity (Wildman–Crippen MR) is 116 cm³/mol. The summed E-state index contributed by atoms with van der Waals surface area (Å²) >= 11 is 0. The molecule has 0 nitrogen and oxygen atoms in total. The van der Waals surface area contributed by atoms with Crippen LogP contribution >= 0.6 is 0 Å². The van der Waals surface area contributed by atoms with E-state index in [1.165, 1.54) is 22.2 Å². The summed E-state index contributed by atoms with van der Waals surface area (Å²) in [7, 11) is 0. The highest BCUT2D eigenvalue weighted by Crippen LogP contribution is 2.35. The van der Waals surface area contributed by atoms with Gasteiger partial charge in [-0.2, -0.15) is 13.2 Å². The van der Waals surface area contributed by atoms with Gasteiger partial charge < -0.3 is 0 Å². The van der Waals surface area contributed by atoms with E-state index in [1.807, 2.05) is 42.5 Å². The third-order valence-corrected chi connectivity index (χ3v) is 5.29. The maximum Gasteiger partial charge on any atom is 0.416 e. The standard InChI is InChI=1S/C27H15F3/c28-27(29,30)20-7-5-6-18(16-20)12-13-19-14-15-25-23-10-2-1-8-21(23)22-9-3-4-11-24(22)26(25)17-19/h1-11,14-17H. The largest absolute Gasteiger partial charge is 0.416 e. The highest BCUT2D eigenvalue weighted by molar-refractivity contribution is 6.25. The minimum Gasteiger partial charge on any atom is -0.166 e. The molecular weight excluding hydrogens is 381 g/mol. The molecule has 0 aliphatic heterocycles. The van der Waals surface area contributed by atoms with Crippen LogP contribution in [-0.2, 0) is 6.18 Å². The molecule has 3 heteroatoms. The zero-order valence-electron chi connectivity index (χ0n) is 15.8. The van der Waals surface area contributed by atoms with Crippen LogP contribution in [0.1, 0.15) is 16.7 Å². The third kappa shape index (κ3) is 3.17. The minimum absolute atomic E-state index is 0.341. The fourth-order valence-electron chi connectivity index (χ4n) is 3.90. The SMILES string of the molecule is FC(F)(F)c1cccc(C#Cc2ccc3c4ccccc4c4ccccc4c3c2)c1. The number of rotatable bonds is 0. The van der Waals surface area contributed by atoms with Crippen molar-refractivity contribution in [2.45, 2.75) is 6.18 Å². The fourth-order valence-corrected chi connectivity index (χ4v) is 3.90. The summed E-state index contributed by atoms with van der Waals surface area (Å²) in [5, 5.41) is 6.89. The number of benzene rings is 5. The van der Waals surface area contributed by atoms with Gasteiger partial charge in [0, 0.05) is 11.1 Å². The van der Waals surface area contributed by atoms with Crippen molar-refractivity contribution in [1.82, 2.24) is 0 Å². The van der Waals surface area contributed by atoms with E-state index in [-0.39, 0.29) is 0 Å². The molecule has 0 spiro atoms. The molecule has 0 atom stereocenters. The van der Waals surface area contributed by atoms with Crippen LogP contribution in [0.2, 0.25) is 0 Å². The molecule has 0 saturated carbocycles. The molecule has 0 aliphatic rings. The van der Waals surface area contributed by atoms with Crippen LogP contribution in [0.5, 0.6) is 0 Å². The molecule has 0 unspecified atom stereocenters. The monoisotopic (exact) mass is 396 g/mol. The molecule has 0 aromatic heterocycles. The molecule has 0 aliphatic carbocycles. The van der Waals surface area contributed by atoms with Crippen molar-refractivity contribution in [2.75, 3.05) is 0 Å². The van der Waals surface area contributed by atoms with E-state index in [9.17, 15) is 13.2 Å². The van der Waals surface area contributed by atoms with Gasteiger partial charge in [0.05, 0.1) is 5.56 Å². The molecule has 5 aromatic carbocycles. The molecule has 0 bridgehead atoms. The lowest BCUT2D eigenvalue weighted by atomic mass is 9.93. The van der Waals surface area contributed by atoms with Crippen LogP contribution in [0, 0.1) is 11.8 Å². The van der Waals surface area contributed by atoms with Crippen LogP contribution in [0.15, 0.2) is 91.0 Å². The Morgan fingerprint density at radius 2 is 0.967 bits per heavy atom. The second-order valence-electron chi connectivity index (χ2n) is 7.18. The Hall–Kier alpha value is -3.77. The number of fused-ring (bicyclic) bond motifs is 6. The number of alkyl halides is 3. The number of halogens is 3. The Morgan fingerprint density at radius 1 is 0.467 bits per heavy atom. The summed E-state index contributed by atoms with van der Waals surface area (Å²) in [5.74, 6) is 5.90. The number of hydrogen-bond acceptors (Lipinski definition) is 0. The second-order valence-corrected chi connectivity index (χ2v) is 7.18. The summed E-state index contributed by atoms with van der Waals surface area (Å²) in [6.45, 7) is 0. The quantitative estimate of drug-likeness (QED) is 0.187. The van der Waals surface area contributed by atoms with Crippen molar-refractivity contribution in [3.05, 3.63) is 108 Å². The van der Waals surface area contributed by atoms with Gasteiger partial charge in [-0.05, 0) is 62.6 Å². The smallest absolute Gasteiger partial charge is 0.166 e. The van der Waals surface area contributed by atoms with Crippen LogP contribution in [0.3, 0.4) is 0 Å². The van der Waals surface area contributed by atoms with Gasteiger partial charge in [0.2, 0.25) is 0 Å². The number of hydrogen-bond donors (Lipinski definition) is 0. The maximum absolute atomic E-state index is 12.9. The summed E-state index contributed by atoms with van der Waals surface area (Å²) in [6, 6.07) is 27.6. The molecule has 0 radical (unpaired) electrons. The first-order valence-electron chi connectivity index (χ1n) is 9.53. The highest BCUT2D eigenvalue weighted by Gasteiger charge is 2.30. The molecule has 0 fully saturated rings. The summed E-state index contributed by atoms with van der Waals surface area (Å²) in [5.41, 5.74) is 0.416. The van der Waals surface area contributed by atoms with Crippen LogP contribution in [-0.4, -0.2) is 0 Å². The highest BCUT2D eigenvalue weighted by atomic mass is 19.4. The van der Waals surface area contributed by atoms with E-state index in [0.717, 1.165) is 33.9 Å². The average molecular weight is 396 g/mol. The molecule has 0 amide bonds. The Bertz CT molecular complexity index is 1450. The van der Waals surface area contributed by atoms with E-state index in [0.29, 0.717) is 5.56 Å². The molecule has 5 aromatic rings. The summed E-state index contributed by atoms with van der Waals surface area (Å²) < 4.78 is 38.8. The van der Waals surface area contributed by atoms with Gasteiger partial charge in [-0.1, -0.05) is 72.5 Å². The normalized spacial score (nSPS) is 11.6. The van der Waals surface area contributed by atoms with E-state index < -0.39 is 11.7 Å². The lowest BCUT2D eigenvalue weighted by Gasteiger charge is -2.10. The van der Waals surface area contributed by atoms with Crippen molar-refractivity contribution in [3.63, 3.8) is 0 Å². The second kappa shape index (κ2) is 6.93. The average Bonchev–Trinajstić information content (AvgIpc) is 2.77. The first-order valence-corrected chi connectivity index (χ1v) is 9.53. The van der Waals surface area contributed by atoms with Crippen LogP contribution in [0.4, 0.5) is 13.2 Å². The Labute approximate surface area is 171 Å². The predicted octanol–water partition coefficient (Wildman–Crippen LogP) is 7.56. The van der Waals surface area contributed by atoms with E-state index in [4.69, 9.17) is 0 Å². The van der Waals surface area contributed by atoms with E-state index in [1.54, 1.807) is 6.07 Å². The Kier molecular flexibility index (Phi) is 4.22.